The van der Waals surface area contributed by atoms with E-state index in [1.807, 2.05) is 18.9 Å². The third-order valence-electron chi connectivity index (χ3n) is 4.17. The van der Waals surface area contributed by atoms with E-state index in [0.717, 1.165) is 25.8 Å². The smallest absolute Gasteiger partial charge is 0.310 e. The summed E-state index contributed by atoms with van der Waals surface area (Å²) in [4.78, 5) is 27.3. The standard InChI is InChI=1S/C14H24N2O4/c1-3-6-16(7-13(17)15(2)10-4-5-10)12-9-20-8-11(12)14(18)19/h10-12H,3-9H2,1-2H3,(H,18,19). The topological polar surface area (TPSA) is 70.1 Å². The molecule has 2 unspecified atom stereocenters. The van der Waals surface area contributed by atoms with Gasteiger partial charge >= 0.3 is 5.97 Å². The average molecular weight is 284 g/mol. The minimum absolute atomic E-state index is 0.0805. The molecule has 2 fully saturated rings. The quantitative estimate of drug-likeness (QED) is 0.733. The number of carbonyl (C=O) groups excluding carboxylic acids is 1. The third-order valence-corrected chi connectivity index (χ3v) is 4.17. The van der Waals surface area contributed by atoms with Crippen LogP contribution in [-0.4, -0.2) is 72.2 Å². The van der Waals surface area contributed by atoms with Crippen molar-refractivity contribution >= 4 is 11.9 Å². The van der Waals surface area contributed by atoms with E-state index in [4.69, 9.17) is 4.74 Å². The molecule has 1 amide bonds. The minimum Gasteiger partial charge on any atom is -0.481 e. The zero-order chi connectivity index (χ0) is 14.7. The summed E-state index contributed by atoms with van der Waals surface area (Å²) in [5.41, 5.74) is 0. The van der Waals surface area contributed by atoms with Gasteiger partial charge in [-0.15, -0.1) is 0 Å². The van der Waals surface area contributed by atoms with Gasteiger partial charge in [-0.05, 0) is 25.8 Å². The first-order valence-electron chi connectivity index (χ1n) is 7.34. The van der Waals surface area contributed by atoms with Gasteiger partial charge in [-0.25, -0.2) is 0 Å². The highest BCUT2D eigenvalue weighted by Crippen LogP contribution is 2.26. The molecule has 2 atom stereocenters. The van der Waals surface area contributed by atoms with Crippen LogP contribution in [0.2, 0.25) is 0 Å². The van der Waals surface area contributed by atoms with Gasteiger partial charge in [-0.1, -0.05) is 6.92 Å². The lowest BCUT2D eigenvalue weighted by Gasteiger charge is -2.31. The highest BCUT2D eigenvalue weighted by Gasteiger charge is 2.39. The maximum Gasteiger partial charge on any atom is 0.310 e. The molecular weight excluding hydrogens is 260 g/mol. The normalized spacial score (nSPS) is 25.9. The van der Waals surface area contributed by atoms with E-state index >= 15 is 0 Å². The summed E-state index contributed by atoms with van der Waals surface area (Å²) in [6.07, 6.45) is 3.06. The molecule has 6 heteroatoms. The molecule has 0 spiro atoms. The lowest BCUT2D eigenvalue weighted by Crippen LogP contribution is -2.48. The number of aliphatic carboxylic acids is 1. The van der Waals surface area contributed by atoms with Gasteiger partial charge in [0.1, 0.15) is 0 Å². The molecule has 1 saturated heterocycles. The first-order valence-corrected chi connectivity index (χ1v) is 7.34. The van der Waals surface area contributed by atoms with Gasteiger partial charge in [0.15, 0.2) is 0 Å². The van der Waals surface area contributed by atoms with Gasteiger partial charge in [-0.3, -0.25) is 14.5 Å². The zero-order valence-corrected chi connectivity index (χ0v) is 12.2. The molecule has 2 rings (SSSR count). The van der Waals surface area contributed by atoms with Crippen molar-refractivity contribution in [1.29, 1.82) is 0 Å². The summed E-state index contributed by atoms with van der Waals surface area (Å²) in [7, 11) is 1.84. The Balaban J connectivity index is 1.98. The van der Waals surface area contributed by atoms with Crippen molar-refractivity contribution in [2.75, 3.05) is 33.4 Å². The molecule has 1 N–H and O–H groups in total. The van der Waals surface area contributed by atoms with Gasteiger partial charge in [0.25, 0.3) is 0 Å². The number of ether oxygens (including phenoxy) is 1. The fraction of sp³-hybridized carbons (Fsp3) is 0.857. The lowest BCUT2D eigenvalue weighted by molar-refractivity contribution is -0.144. The van der Waals surface area contributed by atoms with Crippen LogP contribution in [0.5, 0.6) is 0 Å². The van der Waals surface area contributed by atoms with E-state index in [9.17, 15) is 14.7 Å². The molecule has 114 valence electrons. The zero-order valence-electron chi connectivity index (χ0n) is 12.2. The van der Waals surface area contributed by atoms with Gasteiger partial charge in [-0.2, -0.15) is 0 Å². The number of carboxylic acids is 1. The number of hydrogen-bond acceptors (Lipinski definition) is 4. The Morgan fingerprint density at radius 3 is 2.55 bits per heavy atom. The van der Waals surface area contributed by atoms with Gasteiger partial charge in [0.2, 0.25) is 5.91 Å². The Bertz CT molecular complexity index is 370. The second kappa shape index (κ2) is 6.54. The Hall–Kier alpha value is -1.14. The van der Waals surface area contributed by atoms with Crippen molar-refractivity contribution < 1.29 is 19.4 Å². The number of nitrogens with zero attached hydrogens (tertiary/aromatic N) is 2. The van der Waals surface area contributed by atoms with Gasteiger partial charge in [0.05, 0.1) is 25.7 Å². The summed E-state index contributed by atoms with van der Waals surface area (Å²) >= 11 is 0. The number of rotatable bonds is 7. The molecule has 1 aliphatic heterocycles. The van der Waals surface area contributed by atoms with Crippen molar-refractivity contribution in [1.82, 2.24) is 9.80 Å². The van der Waals surface area contributed by atoms with Gasteiger partial charge < -0.3 is 14.7 Å². The Kier molecular flexibility index (Phi) is 4.99. The molecular formula is C14H24N2O4. The fourth-order valence-electron chi connectivity index (χ4n) is 2.74. The van der Waals surface area contributed by atoms with Crippen molar-refractivity contribution in [2.24, 2.45) is 5.92 Å². The van der Waals surface area contributed by atoms with Crippen LogP contribution in [0.15, 0.2) is 0 Å². The van der Waals surface area contributed by atoms with Crippen molar-refractivity contribution in [3.63, 3.8) is 0 Å². The van der Waals surface area contributed by atoms with E-state index < -0.39 is 11.9 Å². The second-order valence-electron chi connectivity index (χ2n) is 5.76. The Morgan fingerprint density at radius 1 is 1.30 bits per heavy atom. The van der Waals surface area contributed by atoms with Crippen molar-refractivity contribution in [2.45, 2.75) is 38.3 Å². The molecule has 1 saturated carbocycles. The molecule has 0 bridgehead atoms. The van der Waals surface area contributed by atoms with Crippen LogP contribution < -0.4 is 0 Å². The first kappa shape index (κ1) is 15.3. The predicted octanol–water partition coefficient (Wildman–Crippen LogP) is 0.419. The van der Waals surface area contributed by atoms with Crippen molar-refractivity contribution in [3.05, 3.63) is 0 Å². The highest BCUT2D eigenvalue weighted by atomic mass is 16.5. The summed E-state index contributed by atoms with van der Waals surface area (Å²) in [5.74, 6) is -1.28. The number of hydrogen-bond donors (Lipinski definition) is 1. The molecule has 6 nitrogen and oxygen atoms in total. The van der Waals surface area contributed by atoms with E-state index in [1.54, 1.807) is 4.90 Å². The van der Waals surface area contributed by atoms with E-state index in [0.29, 0.717) is 19.2 Å². The maximum absolute atomic E-state index is 12.2. The molecule has 1 heterocycles. The molecule has 0 radical (unpaired) electrons. The molecule has 0 aromatic carbocycles. The molecule has 1 aliphatic carbocycles. The highest BCUT2D eigenvalue weighted by molar-refractivity contribution is 5.79. The van der Waals surface area contributed by atoms with Crippen molar-refractivity contribution in [3.8, 4) is 0 Å². The molecule has 2 aliphatic rings. The largest absolute Gasteiger partial charge is 0.481 e. The molecule has 0 aromatic rings. The lowest BCUT2D eigenvalue weighted by atomic mass is 10.0. The predicted molar refractivity (Wildman–Crippen MR) is 73.4 cm³/mol. The summed E-state index contributed by atoms with van der Waals surface area (Å²) in [6, 6.07) is 0.199. The number of carbonyl (C=O) groups is 2. The number of carboxylic acid groups (broad SMARTS) is 1. The monoisotopic (exact) mass is 284 g/mol. The SMILES string of the molecule is CCCN(CC(=O)N(C)C1CC1)C1COCC1C(=O)O. The summed E-state index contributed by atoms with van der Waals surface area (Å²) < 4.78 is 5.31. The van der Waals surface area contributed by atoms with E-state index in [1.165, 1.54) is 0 Å². The van der Waals surface area contributed by atoms with Crippen LogP contribution in [0, 0.1) is 5.92 Å². The number of amides is 1. The van der Waals surface area contributed by atoms with Crippen LogP contribution in [-0.2, 0) is 14.3 Å². The second-order valence-corrected chi connectivity index (χ2v) is 5.76. The van der Waals surface area contributed by atoms with Crippen LogP contribution >= 0.6 is 0 Å². The third kappa shape index (κ3) is 3.49. The fourth-order valence-corrected chi connectivity index (χ4v) is 2.74. The van der Waals surface area contributed by atoms with E-state index in [2.05, 4.69) is 0 Å². The van der Waals surface area contributed by atoms with Crippen LogP contribution in [0.1, 0.15) is 26.2 Å². The van der Waals surface area contributed by atoms with Crippen LogP contribution in [0.3, 0.4) is 0 Å². The number of likely N-dealkylation sites (N-methyl/N-ethyl adjacent to an activating group) is 1. The summed E-state index contributed by atoms with van der Waals surface area (Å²) in [6.45, 7) is 3.69. The van der Waals surface area contributed by atoms with Crippen LogP contribution in [0.25, 0.3) is 0 Å². The molecule has 20 heavy (non-hydrogen) atoms. The maximum atomic E-state index is 12.2. The van der Waals surface area contributed by atoms with Crippen LogP contribution in [0.4, 0.5) is 0 Å². The van der Waals surface area contributed by atoms with E-state index in [-0.39, 0.29) is 18.6 Å². The Labute approximate surface area is 119 Å². The molecule has 0 aromatic heterocycles. The first-order chi connectivity index (χ1) is 9.54. The van der Waals surface area contributed by atoms with Gasteiger partial charge in [0, 0.05) is 19.1 Å². The summed E-state index contributed by atoms with van der Waals surface area (Å²) in [5, 5.41) is 9.24. The average Bonchev–Trinajstić information content (AvgIpc) is 3.13. The Morgan fingerprint density at radius 2 is 2.00 bits per heavy atom. The minimum atomic E-state index is -0.836.